The minimum absolute atomic E-state index is 0.527. The number of rotatable bonds is 6. The van der Waals surface area contributed by atoms with Crippen LogP contribution in [0.15, 0.2) is 193 Å². The molecule has 0 radical (unpaired) electrons. The first-order valence-electron chi connectivity index (χ1n) is 18.6. The second-order valence-corrected chi connectivity index (χ2v) is 13.9. The number of fused-ring (bicyclic) bond motifs is 6. The van der Waals surface area contributed by atoms with Crippen molar-refractivity contribution >= 4 is 43.7 Å². The van der Waals surface area contributed by atoms with Crippen molar-refractivity contribution in [2.45, 2.75) is 0 Å². The van der Waals surface area contributed by atoms with Crippen LogP contribution in [-0.2, 0) is 0 Å². The summed E-state index contributed by atoms with van der Waals surface area (Å²) in [6.45, 7) is 0. The predicted molar refractivity (Wildman–Crippen MR) is 226 cm³/mol. The van der Waals surface area contributed by atoms with Crippen molar-refractivity contribution < 1.29 is 4.42 Å². The molecule has 7 aromatic carbocycles. The molecule has 0 aliphatic heterocycles. The summed E-state index contributed by atoms with van der Waals surface area (Å²) in [5, 5.41) is 4.56. The summed E-state index contributed by atoms with van der Waals surface area (Å²) in [5.41, 5.74) is 13.5. The second-order valence-electron chi connectivity index (χ2n) is 13.9. The molecule has 6 nitrogen and oxygen atoms in total. The number of hydrogen-bond acceptors (Lipinski definition) is 5. The zero-order chi connectivity index (χ0) is 37.0. The van der Waals surface area contributed by atoms with Gasteiger partial charge in [-0.2, -0.15) is 0 Å². The van der Waals surface area contributed by atoms with E-state index in [0.29, 0.717) is 11.5 Å². The maximum atomic E-state index is 6.08. The van der Waals surface area contributed by atoms with E-state index in [1.807, 2.05) is 60.8 Å². The fourth-order valence-electron chi connectivity index (χ4n) is 7.81. The maximum Gasteiger partial charge on any atom is 0.180 e. The number of para-hydroxylation sites is 2. The van der Waals surface area contributed by atoms with Crippen molar-refractivity contribution in [1.82, 2.24) is 24.5 Å². The summed E-state index contributed by atoms with van der Waals surface area (Å²) < 4.78 is 8.41. The lowest BCUT2D eigenvalue weighted by molar-refractivity contribution is 0.669. The van der Waals surface area contributed by atoms with Crippen LogP contribution in [-0.4, -0.2) is 24.5 Å². The first-order valence-corrected chi connectivity index (χ1v) is 18.6. The lowest BCUT2D eigenvalue weighted by atomic mass is 10.0. The highest BCUT2D eigenvalue weighted by atomic mass is 16.3. The van der Waals surface area contributed by atoms with Gasteiger partial charge in [-0.3, -0.25) is 4.98 Å². The lowest BCUT2D eigenvalue weighted by Gasteiger charge is -2.10. The molecule has 4 aromatic heterocycles. The van der Waals surface area contributed by atoms with E-state index in [4.69, 9.17) is 19.4 Å². The Labute approximate surface area is 322 Å². The van der Waals surface area contributed by atoms with Crippen molar-refractivity contribution in [3.63, 3.8) is 0 Å². The minimum atomic E-state index is 0.527. The van der Waals surface area contributed by atoms with E-state index in [1.54, 1.807) is 6.20 Å². The molecule has 262 valence electrons. The largest absolute Gasteiger partial charge is 0.456 e. The van der Waals surface area contributed by atoms with Crippen LogP contribution in [0.5, 0.6) is 0 Å². The topological polar surface area (TPSA) is 69.6 Å². The molecule has 0 saturated carbocycles. The summed E-state index contributed by atoms with van der Waals surface area (Å²) in [7, 11) is 0. The quantitative estimate of drug-likeness (QED) is 0.171. The van der Waals surface area contributed by atoms with E-state index < -0.39 is 0 Å². The highest BCUT2D eigenvalue weighted by molar-refractivity contribution is 6.10. The molecule has 0 bridgehead atoms. The Morgan fingerprint density at radius 3 is 1.71 bits per heavy atom. The van der Waals surface area contributed by atoms with Gasteiger partial charge >= 0.3 is 0 Å². The first-order chi connectivity index (χ1) is 27.7. The van der Waals surface area contributed by atoms with E-state index in [9.17, 15) is 0 Å². The van der Waals surface area contributed by atoms with Gasteiger partial charge < -0.3 is 8.98 Å². The molecule has 56 heavy (non-hydrogen) atoms. The van der Waals surface area contributed by atoms with Gasteiger partial charge in [0.15, 0.2) is 5.82 Å². The Morgan fingerprint density at radius 1 is 0.357 bits per heavy atom. The Kier molecular flexibility index (Phi) is 7.38. The van der Waals surface area contributed by atoms with Gasteiger partial charge in [-0.15, -0.1) is 0 Å². The van der Waals surface area contributed by atoms with Crippen molar-refractivity contribution in [3.8, 4) is 62.1 Å². The molecule has 0 aliphatic carbocycles. The molecule has 0 atom stereocenters. The summed E-state index contributed by atoms with van der Waals surface area (Å²) in [4.78, 5) is 19.7. The molecular weight excluding hydrogens is 687 g/mol. The van der Waals surface area contributed by atoms with Crippen LogP contribution in [0.3, 0.4) is 0 Å². The summed E-state index contributed by atoms with van der Waals surface area (Å²) in [6, 6.07) is 60.9. The zero-order valence-corrected chi connectivity index (χ0v) is 30.0. The van der Waals surface area contributed by atoms with Crippen molar-refractivity contribution in [2.24, 2.45) is 0 Å². The SMILES string of the molecule is c1ccc(-c2cc(-c3ccccc3)nc(-c3cncc(-c4ccc5c(c4)c4ccccc4n5-c4ccc(-c5ccc6oc7ccccc7c6c5)cc4)n3)n2)cc1. The normalized spacial score (nSPS) is 11.6. The number of benzene rings is 7. The van der Waals surface area contributed by atoms with E-state index in [2.05, 4.69) is 131 Å². The third-order valence-corrected chi connectivity index (χ3v) is 10.5. The summed E-state index contributed by atoms with van der Waals surface area (Å²) >= 11 is 0. The first kappa shape index (κ1) is 31.8. The van der Waals surface area contributed by atoms with Gasteiger partial charge in [-0.1, -0.05) is 121 Å². The average molecular weight is 718 g/mol. The number of nitrogens with zero attached hydrogens (tertiary/aromatic N) is 5. The predicted octanol–water partition coefficient (Wildman–Crippen LogP) is 12.6. The van der Waals surface area contributed by atoms with Gasteiger partial charge in [0.2, 0.25) is 0 Å². The van der Waals surface area contributed by atoms with Crippen LogP contribution < -0.4 is 0 Å². The van der Waals surface area contributed by atoms with Crippen LogP contribution >= 0.6 is 0 Å². The Bertz CT molecular complexity index is 3180. The summed E-state index contributed by atoms with van der Waals surface area (Å²) in [6.07, 6.45) is 3.55. The third kappa shape index (κ3) is 5.43. The van der Waals surface area contributed by atoms with Gasteiger partial charge in [0.25, 0.3) is 0 Å². The molecule has 0 amide bonds. The monoisotopic (exact) mass is 717 g/mol. The highest BCUT2D eigenvalue weighted by Gasteiger charge is 2.17. The van der Waals surface area contributed by atoms with E-state index in [0.717, 1.165) is 88.9 Å². The Morgan fingerprint density at radius 2 is 0.946 bits per heavy atom. The van der Waals surface area contributed by atoms with Crippen molar-refractivity contribution in [3.05, 3.63) is 188 Å². The van der Waals surface area contributed by atoms with Crippen LogP contribution in [0.1, 0.15) is 0 Å². The molecule has 0 saturated heterocycles. The molecule has 11 rings (SSSR count). The number of hydrogen-bond donors (Lipinski definition) is 0. The molecule has 11 aromatic rings. The molecular formula is C50H31N5O. The van der Waals surface area contributed by atoms with Gasteiger partial charge in [0.1, 0.15) is 16.9 Å². The van der Waals surface area contributed by atoms with Gasteiger partial charge in [0, 0.05) is 43.9 Å². The van der Waals surface area contributed by atoms with E-state index in [1.165, 1.54) is 5.39 Å². The number of furan rings is 1. The number of aromatic nitrogens is 5. The van der Waals surface area contributed by atoms with Crippen molar-refractivity contribution in [2.75, 3.05) is 0 Å². The zero-order valence-electron chi connectivity index (χ0n) is 30.0. The Hall–Kier alpha value is -7.70. The van der Waals surface area contributed by atoms with Crippen LogP contribution in [0.2, 0.25) is 0 Å². The van der Waals surface area contributed by atoms with Gasteiger partial charge in [-0.05, 0) is 65.7 Å². The molecule has 6 heteroatoms. The van der Waals surface area contributed by atoms with Gasteiger partial charge in [0.05, 0.1) is 40.5 Å². The smallest absolute Gasteiger partial charge is 0.180 e. The maximum absolute atomic E-state index is 6.08. The average Bonchev–Trinajstić information content (AvgIpc) is 3.82. The fraction of sp³-hybridized carbons (Fsp3) is 0. The fourth-order valence-corrected chi connectivity index (χ4v) is 7.81. The summed E-state index contributed by atoms with van der Waals surface area (Å²) in [5.74, 6) is 0.527. The molecule has 0 N–H and O–H groups in total. The Balaban J connectivity index is 0.977. The molecule has 4 heterocycles. The molecule has 0 unspecified atom stereocenters. The lowest BCUT2D eigenvalue weighted by Crippen LogP contribution is -1.99. The molecule has 0 spiro atoms. The van der Waals surface area contributed by atoms with Crippen LogP contribution in [0.25, 0.3) is 106 Å². The van der Waals surface area contributed by atoms with Gasteiger partial charge in [-0.25, -0.2) is 15.0 Å². The highest BCUT2D eigenvalue weighted by Crippen LogP contribution is 2.37. The standard InChI is InChI=1S/C50H31N5O/c1-3-11-33(12-4-1)42-29-43(34-13-5-2-6-14-34)54-50(53-42)45-31-51-30-44(52-45)36-21-25-47-40(28-36)38-15-7-9-17-46(38)55(47)37-23-19-32(20-24-37)35-22-26-49-41(27-35)39-16-8-10-18-48(39)56-49/h1-31H. The minimum Gasteiger partial charge on any atom is -0.456 e. The van der Waals surface area contributed by atoms with Crippen LogP contribution in [0.4, 0.5) is 0 Å². The second kappa shape index (κ2) is 13.0. The molecule has 0 aliphatic rings. The molecule has 0 fully saturated rings. The van der Waals surface area contributed by atoms with Crippen LogP contribution in [0, 0.1) is 0 Å². The van der Waals surface area contributed by atoms with E-state index >= 15 is 0 Å². The van der Waals surface area contributed by atoms with Crippen molar-refractivity contribution in [1.29, 1.82) is 0 Å². The van der Waals surface area contributed by atoms with E-state index in [-0.39, 0.29) is 0 Å². The third-order valence-electron chi connectivity index (χ3n) is 10.5.